The van der Waals surface area contributed by atoms with Gasteiger partial charge in [0, 0.05) is 53.9 Å². The topological polar surface area (TPSA) is 55.8 Å². The van der Waals surface area contributed by atoms with Gasteiger partial charge in [-0.05, 0) is 66.4 Å². The molecule has 4 aromatic carbocycles. The quantitative estimate of drug-likeness (QED) is 0.214. The Kier molecular flexibility index (Phi) is 9.15. The Morgan fingerprint density at radius 2 is 1.53 bits per heavy atom. The molecular formula is C35H34Cl3N3O2. The summed E-state index contributed by atoms with van der Waals surface area (Å²) in [6.07, 6.45) is 4.36. The van der Waals surface area contributed by atoms with E-state index in [1.54, 1.807) is 12.1 Å². The van der Waals surface area contributed by atoms with Crippen LogP contribution in [0.15, 0.2) is 84.9 Å². The van der Waals surface area contributed by atoms with Crippen molar-refractivity contribution in [1.82, 2.24) is 10.2 Å². The second-order valence-electron chi connectivity index (χ2n) is 11.3. The summed E-state index contributed by atoms with van der Waals surface area (Å²) in [4.78, 5) is 17.9. The average Bonchev–Trinajstić information content (AvgIpc) is 3.54. The van der Waals surface area contributed by atoms with E-state index in [0.717, 1.165) is 66.7 Å². The van der Waals surface area contributed by atoms with E-state index in [1.165, 1.54) is 0 Å². The fourth-order valence-corrected chi connectivity index (χ4v) is 7.03. The monoisotopic (exact) mass is 633 g/mol. The van der Waals surface area contributed by atoms with Gasteiger partial charge in [-0.2, -0.15) is 0 Å². The van der Waals surface area contributed by atoms with Gasteiger partial charge in [0.15, 0.2) is 0 Å². The number of piperazine rings is 1. The predicted octanol–water partition coefficient (Wildman–Crippen LogP) is 8.60. The summed E-state index contributed by atoms with van der Waals surface area (Å²) < 4.78 is 0. The number of phenolic OH excluding ortho intramolecular Hbond substituents is 1. The first-order valence-electron chi connectivity index (χ1n) is 14.8. The lowest BCUT2D eigenvalue weighted by molar-refractivity contribution is 0.0937. The number of carbonyl (C=O) groups excluding carboxylic acids is 1. The molecule has 1 atom stereocenters. The number of benzene rings is 4. The highest BCUT2D eigenvalue weighted by atomic mass is 35.5. The Labute approximate surface area is 268 Å². The number of amides is 1. The number of hydrogen-bond donors (Lipinski definition) is 2. The number of rotatable bonds is 7. The zero-order valence-electron chi connectivity index (χ0n) is 23.8. The smallest absolute Gasteiger partial charge is 0.251 e. The van der Waals surface area contributed by atoms with E-state index in [4.69, 9.17) is 34.8 Å². The van der Waals surface area contributed by atoms with Gasteiger partial charge >= 0.3 is 0 Å². The van der Waals surface area contributed by atoms with Gasteiger partial charge in [-0.3, -0.25) is 9.69 Å². The van der Waals surface area contributed by atoms with Gasteiger partial charge in [0.2, 0.25) is 0 Å². The molecule has 0 radical (unpaired) electrons. The van der Waals surface area contributed by atoms with Crippen LogP contribution in [0, 0.1) is 0 Å². The molecule has 5 nitrogen and oxygen atoms in total. The van der Waals surface area contributed by atoms with Gasteiger partial charge < -0.3 is 15.3 Å². The fraction of sp³-hybridized carbons (Fsp3) is 0.286. The van der Waals surface area contributed by atoms with Gasteiger partial charge in [-0.15, -0.1) is 0 Å². The highest BCUT2D eigenvalue weighted by Gasteiger charge is 2.30. The third kappa shape index (κ3) is 6.51. The number of phenols is 1. The van der Waals surface area contributed by atoms with Crippen LogP contribution in [0.1, 0.15) is 53.2 Å². The number of aromatic hydroxyl groups is 1. The van der Waals surface area contributed by atoms with Crippen LogP contribution in [0.2, 0.25) is 15.1 Å². The molecule has 2 N–H and O–H groups in total. The first kappa shape index (κ1) is 29.8. The Bertz CT molecular complexity index is 1610. The van der Waals surface area contributed by atoms with Gasteiger partial charge in [-0.25, -0.2) is 0 Å². The molecule has 0 spiro atoms. The van der Waals surface area contributed by atoms with Crippen molar-refractivity contribution in [2.45, 2.75) is 37.8 Å². The van der Waals surface area contributed by atoms with E-state index in [0.29, 0.717) is 33.7 Å². The van der Waals surface area contributed by atoms with Crippen LogP contribution in [0.3, 0.4) is 0 Å². The average molecular weight is 635 g/mol. The summed E-state index contributed by atoms with van der Waals surface area (Å²) in [5, 5.41) is 16.3. The third-order valence-electron chi connectivity index (χ3n) is 8.61. The van der Waals surface area contributed by atoms with Crippen molar-refractivity contribution in [1.29, 1.82) is 0 Å². The molecule has 2 fully saturated rings. The molecular weight excluding hydrogens is 601 g/mol. The minimum Gasteiger partial charge on any atom is -0.508 e. The number of nitrogens with zero attached hydrogens (tertiary/aromatic N) is 2. The van der Waals surface area contributed by atoms with E-state index < -0.39 is 0 Å². The fourth-order valence-electron chi connectivity index (χ4n) is 6.37. The summed E-state index contributed by atoms with van der Waals surface area (Å²) >= 11 is 19.5. The van der Waals surface area contributed by atoms with Crippen molar-refractivity contribution >= 4 is 46.4 Å². The summed E-state index contributed by atoms with van der Waals surface area (Å²) in [5.74, 6) is 0.142. The lowest BCUT2D eigenvalue weighted by Crippen LogP contribution is -2.48. The molecule has 1 heterocycles. The maximum Gasteiger partial charge on any atom is 0.251 e. The Balaban J connectivity index is 1.36. The third-order valence-corrected chi connectivity index (χ3v) is 9.75. The summed E-state index contributed by atoms with van der Waals surface area (Å²) in [6.45, 7) is 2.87. The van der Waals surface area contributed by atoms with E-state index >= 15 is 0 Å². The zero-order chi connectivity index (χ0) is 29.9. The number of nitrogens with one attached hydrogen (secondary N) is 1. The predicted molar refractivity (Wildman–Crippen MR) is 177 cm³/mol. The lowest BCUT2D eigenvalue weighted by atomic mass is 9.91. The van der Waals surface area contributed by atoms with Crippen molar-refractivity contribution in [3.63, 3.8) is 0 Å². The largest absolute Gasteiger partial charge is 0.508 e. The molecule has 1 amide bonds. The number of anilines is 1. The molecule has 1 aliphatic carbocycles. The molecule has 6 rings (SSSR count). The first-order valence-corrected chi connectivity index (χ1v) is 15.9. The highest BCUT2D eigenvalue weighted by Crippen LogP contribution is 2.40. The van der Waals surface area contributed by atoms with Crippen LogP contribution >= 0.6 is 34.8 Å². The molecule has 0 bridgehead atoms. The maximum absolute atomic E-state index is 13.3. The van der Waals surface area contributed by atoms with Gasteiger partial charge in [0.05, 0.1) is 21.8 Å². The minimum absolute atomic E-state index is 0.0537. The highest BCUT2D eigenvalue weighted by molar-refractivity contribution is 6.43. The SMILES string of the molecule is O=C(NC1CCCC1)c1cccc(C(c2cc(-c3ccccc3Cl)ccc2O)N2CCN(c3cccc(Cl)c3Cl)CC2)c1. The molecule has 0 aromatic heterocycles. The number of halogens is 3. The molecule has 1 unspecified atom stereocenters. The van der Waals surface area contributed by atoms with Gasteiger partial charge in [0.25, 0.3) is 5.91 Å². The molecule has 1 aliphatic heterocycles. The van der Waals surface area contributed by atoms with E-state index in [9.17, 15) is 9.90 Å². The molecule has 1 saturated carbocycles. The standard InChI is InChI=1S/C35H34Cl3N3O2/c36-29-12-4-3-11-27(29)23-15-16-32(42)28(22-23)34(24-7-5-8-25(21-24)35(43)39-26-9-1-2-10-26)41-19-17-40(18-20-41)31-14-6-13-30(37)33(31)38/h3-8,11-16,21-22,26,34,42H,1-2,9-10,17-20H2,(H,39,43). The van der Waals surface area contributed by atoms with Crippen LogP contribution in [0.5, 0.6) is 5.75 Å². The van der Waals surface area contributed by atoms with E-state index in [1.807, 2.05) is 72.8 Å². The first-order chi connectivity index (χ1) is 20.9. The van der Waals surface area contributed by atoms with Crippen molar-refractivity contribution in [3.05, 3.63) is 117 Å². The van der Waals surface area contributed by atoms with Crippen LogP contribution in [-0.2, 0) is 0 Å². The second kappa shape index (κ2) is 13.2. The lowest BCUT2D eigenvalue weighted by Gasteiger charge is -2.41. The minimum atomic E-state index is -0.293. The Morgan fingerprint density at radius 3 is 2.30 bits per heavy atom. The normalized spacial score (nSPS) is 16.8. The second-order valence-corrected chi connectivity index (χ2v) is 12.5. The van der Waals surface area contributed by atoms with Crippen molar-refractivity contribution in [2.75, 3.05) is 31.1 Å². The van der Waals surface area contributed by atoms with Crippen LogP contribution in [0.4, 0.5) is 5.69 Å². The molecule has 4 aromatic rings. The molecule has 2 aliphatic rings. The number of hydrogen-bond acceptors (Lipinski definition) is 4. The van der Waals surface area contributed by atoms with Crippen molar-refractivity contribution in [2.24, 2.45) is 0 Å². The number of carbonyl (C=O) groups is 1. The zero-order valence-corrected chi connectivity index (χ0v) is 26.0. The van der Waals surface area contributed by atoms with Crippen molar-refractivity contribution in [3.8, 4) is 16.9 Å². The van der Waals surface area contributed by atoms with Gasteiger partial charge in [0.1, 0.15) is 5.75 Å². The molecule has 222 valence electrons. The molecule has 1 saturated heterocycles. The molecule has 43 heavy (non-hydrogen) atoms. The molecule has 8 heteroatoms. The van der Waals surface area contributed by atoms with Crippen LogP contribution in [0.25, 0.3) is 11.1 Å². The van der Waals surface area contributed by atoms with E-state index in [-0.39, 0.29) is 23.7 Å². The maximum atomic E-state index is 13.3. The summed E-state index contributed by atoms with van der Waals surface area (Å²) in [7, 11) is 0. The van der Waals surface area contributed by atoms with Gasteiger partial charge in [-0.1, -0.05) is 90.1 Å². The Hall–Kier alpha value is -3.22. The summed E-state index contributed by atoms with van der Waals surface area (Å²) in [6, 6.07) is 26.8. The van der Waals surface area contributed by atoms with Crippen LogP contribution < -0.4 is 10.2 Å². The van der Waals surface area contributed by atoms with Crippen LogP contribution in [-0.4, -0.2) is 48.1 Å². The van der Waals surface area contributed by atoms with Crippen molar-refractivity contribution < 1.29 is 9.90 Å². The summed E-state index contributed by atoms with van der Waals surface area (Å²) in [5.41, 5.74) is 5.07. The van der Waals surface area contributed by atoms with E-state index in [2.05, 4.69) is 15.1 Å². The Morgan fingerprint density at radius 1 is 0.814 bits per heavy atom.